The van der Waals surface area contributed by atoms with Gasteiger partial charge in [-0.15, -0.1) is 11.8 Å². The van der Waals surface area contributed by atoms with Crippen molar-refractivity contribution < 1.29 is 19.4 Å². The van der Waals surface area contributed by atoms with E-state index in [0.717, 1.165) is 0 Å². The predicted molar refractivity (Wildman–Crippen MR) is 79.7 cm³/mol. The fourth-order valence-electron chi connectivity index (χ4n) is 1.40. The van der Waals surface area contributed by atoms with E-state index in [4.69, 9.17) is 0 Å². The molecular weight excluding hydrogens is 276 g/mol. The van der Waals surface area contributed by atoms with Crippen LogP contribution in [0.4, 0.5) is 0 Å². The van der Waals surface area contributed by atoms with Gasteiger partial charge in [0, 0.05) is 5.56 Å². The third kappa shape index (κ3) is 4.59. The number of benzene rings is 1. The predicted octanol–water partition coefficient (Wildman–Crippen LogP) is 3.12. The van der Waals surface area contributed by atoms with E-state index in [1.54, 1.807) is 37.4 Å². The summed E-state index contributed by atoms with van der Waals surface area (Å²) >= 11 is 1.24. The summed E-state index contributed by atoms with van der Waals surface area (Å²) in [6.45, 7) is 1.83. The van der Waals surface area contributed by atoms with Gasteiger partial charge in [-0.2, -0.15) is 0 Å². The van der Waals surface area contributed by atoms with E-state index in [9.17, 15) is 14.7 Å². The molecule has 1 rings (SSSR count). The molecule has 4 nitrogen and oxygen atoms in total. The molecule has 0 aliphatic carbocycles. The number of allylic oxidation sites excluding steroid dienone is 3. The van der Waals surface area contributed by atoms with E-state index in [1.165, 1.54) is 23.9 Å². The van der Waals surface area contributed by atoms with Crippen LogP contribution in [0.5, 0.6) is 0 Å². The highest BCUT2D eigenvalue weighted by Crippen LogP contribution is 2.18. The van der Waals surface area contributed by atoms with Crippen LogP contribution in [0.25, 0.3) is 0 Å². The molecule has 20 heavy (non-hydrogen) atoms. The summed E-state index contributed by atoms with van der Waals surface area (Å²) < 4.78 is 4.64. The number of ketones is 1. The average molecular weight is 292 g/mol. The van der Waals surface area contributed by atoms with E-state index < -0.39 is 11.7 Å². The lowest BCUT2D eigenvalue weighted by molar-refractivity contribution is -0.141. The average Bonchev–Trinajstić information content (AvgIpc) is 2.48. The first-order valence-electron chi connectivity index (χ1n) is 6.02. The van der Waals surface area contributed by atoms with Crippen LogP contribution in [0.1, 0.15) is 17.3 Å². The van der Waals surface area contributed by atoms with Crippen molar-refractivity contribution >= 4 is 23.5 Å². The standard InChI is InChI=1S/C15H16O4S/c1-3-19-15(18)12(16)9-10-13(20-2)14(17)11-7-5-4-6-8-11/h4-10,16H,3H2,1-2H3/b12-9-,13-10-. The molecule has 0 aliphatic rings. The summed E-state index contributed by atoms with van der Waals surface area (Å²) in [4.78, 5) is 23.8. The minimum absolute atomic E-state index is 0.161. The van der Waals surface area contributed by atoms with Crippen molar-refractivity contribution in [2.24, 2.45) is 0 Å². The summed E-state index contributed by atoms with van der Waals surface area (Å²) in [6.07, 6.45) is 4.33. The van der Waals surface area contributed by atoms with E-state index in [2.05, 4.69) is 4.74 Å². The van der Waals surface area contributed by atoms with Gasteiger partial charge in [-0.25, -0.2) is 4.79 Å². The van der Waals surface area contributed by atoms with Gasteiger partial charge in [-0.1, -0.05) is 30.3 Å². The van der Waals surface area contributed by atoms with Crippen LogP contribution in [0.3, 0.4) is 0 Å². The first-order valence-corrected chi connectivity index (χ1v) is 7.24. The van der Waals surface area contributed by atoms with Crippen LogP contribution in [0.2, 0.25) is 0 Å². The first-order chi connectivity index (χ1) is 9.60. The molecule has 0 saturated heterocycles. The number of thioether (sulfide) groups is 1. The lowest BCUT2D eigenvalue weighted by Crippen LogP contribution is -2.07. The zero-order valence-corrected chi connectivity index (χ0v) is 12.1. The lowest BCUT2D eigenvalue weighted by atomic mass is 10.1. The van der Waals surface area contributed by atoms with Gasteiger partial charge in [-0.05, 0) is 25.3 Å². The smallest absolute Gasteiger partial charge is 0.373 e. The topological polar surface area (TPSA) is 63.6 Å². The Balaban J connectivity index is 2.91. The van der Waals surface area contributed by atoms with Crippen molar-refractivity contribution in [3.05, 3.63) is 58.7 Å². The molecule has 5 heteroatoms. The molecular formula is C15H16O4S. The van der Waals surface area contributed by atoms with Gasteiger partial charge in [-0.3, -0.25) is 4.79 Å². The van der Waals surface area contributed by atoms with E-state index in [0.29, 0.717) is 10.5 Å². The normalized spacial score (nSPS) is 12.1. The quantitative estimate of drug-likeness (QED) is 0.287. The molecule has 1 aromatic rings. The van der Waals surface area contributed by atoms with Crippen molar-refractivity contribution in [1.82, 2.24) is 0 Å². The van der Waals surface area contributed by atoms with E-state index >= 15 is 0 Å². The van der Waals surface area contributed by atoms with Crippen LogP contribution in [-0.4, -0.2) is 29.7 Å². The van der Waals surface area contributed by atoms with Crippen molar-refractivity contribution in [2.45, 2.75) is 6.92 Å². The van der Waals surface area contributed by atoms with Crippen LogP contribution < -0.4 is 0 Å². The van der Waals surface area contributed by atoms with Gasteiger partial charge in [0.25, 0.3) is 0 Å². The number of carbonyl (C=O) groups is 2. The maximum atomic E-state index is 12.2. The minimum Gasteiger partial charge on any atom is -0.502 e. The largest absolute Gasteiger partial charge is 0.502 e. The van der Waals surface area contributed by atoms with Gasteiger partial charge < -0.3 is 9.84 Å². The second kappa shape index (κ2) is 8.22. The molecule has 0 bridgehead atoms. The van der Waals surface area contributed by atoms with Crippen LogP contribution in [0, 0.1) is 0 Å². The summed E-state index contributed by atoms with van der Waals surface area (Å²) in [5.74, 6) is -1.50. The third-order valence-corrected chi connectivity index (χ3v) is 3.12. The highest BCUT2D eigenvalue weighted by Gasteiger charge is 2.11. The maximum Gasteiger partial charge on any atom is 0.373 e. The Hall–Kier alpha value is -2.01. The first kappa shape index (κ1) is 16.0. The second-order valence-electron chi connectivity index (χ2n) is 3.70. The van der Waals surface area contributed by atoms with Gasteiger partial charge in [0.1, 0.15) is 0 Å². The van der Waals surface area contributed by atoms with Crippen molar-refractivity contribution in [3.63, 3.8) is 0 Å². The number of carbonyl (C=O) groups excluding carboxylic acids is 2. The van der Waals surface area contributed by atoms with Crippen LogP contribution in [0.15, 0.2) is 53.1 Å². The molecule has 1 aromatic carbocycles. The Morgan fingerprint density at radius 2 is 1.90 bits per heavy atom. The number of Topliss-reactive ketones (excluding diaryl/α,β-unsaturated/α-hetero) is 1. The van der Waals surface area contributed by atoms with Crippen molar-refractivity contribution in [1.29, 1.82) is 0 Å². The van der Waals surface area contributed by atoms with Crippen LogP contribution >= 0.6 is 11.8 Å². The molecule has 1 N–H and O–H groups in total. The lowest BCUT2D eigenvalue weighted by Gasteiger charge is -2.03. The fraction of sp³-hybridized carbons (Fsp3) is 0.200. The molecule has 0 radical (unpaired) electrons. The molecule has 0 fully saturated rings. The zero-order chi connectivity index (χ0) is 15.0. The van der Waals surface area contributed by atoms with Crippen molar-refractivity contribution in [3.8, 4) is 0 Å². The molecule has 0 saturated carbocycles. The van der Waals surface area contributed by atoms with Gasteiger partial charge in [0.2, 0.25) is 5.76 Å². The molecule has 0 aliphatic heterocycles. The molecule has 0 unspecified atom stereocenters. The van der Waals surface area contributed by atoms with Crippen molar-refractivity contribution in [2.75, 3.05) is 12.9 Å². The highest BCUT2D eigenvalue weighted by atomic mass is 32.2. The summed E-state index contributed by atoms with van der Waals surface area (Å²) in [6, 6.07) is 8.79. The number of hydrogen-bond donors (Lipinski definition) is 1. The Labute approximate surface area is 122 Å². The SMILES string of the molecule is CCOC(=O)/C(O)=C/C=C(\SC)C(=O)c1ccccc1. The Morgan fingerprint density at radius 1 is 1.25 bits per heavy atom. The fourth-order valence-corrected chi connectivity index (χ4v) is 1.90. The number of rotatable bonds is 6. The monoisotopic (exact) mass is 292 g/mol. The Kier molecular flexibility index (Phi) is 6.59. The summed E-state index contributed by atoms with van der Waals surface area (Å²) in [5.41, 5.74) is 0.553. The minimum atomic E-state index is -0.809. The molecule has 0 atom stereocenters. The summed E-state index contributed by atoms with van der Waals surface area (Å²) in [5, 5.41) is 9.47. The molecule has 0 spiro atoms. The Bertz CT molecular complexity index is 532. The maximum absolute atomic E-state index is 12.2. The Morgan fingerprint density at radius 3 is 2.45 bits per heavy atom. The number of hydrogen-bond acceptors (Lipinski definition) is 5. The molecule has 106 valence electrons. The van der Waals surface area contributed by atoms with E-state index in [-0.39, 0.29) is 12.4 Å². The number of ether oxygens (including phenoxy) is 1. The van der Waals surface area contributed by atoms with Gasteiger partial charge in [0.05, 0.1) is 11.5 Å². The van der Waals surface area contributed by atoms with Crippen LogP contribution in [-0.2, 0) is 9.53 Å². The third-order valence-electron chi connectivity index (χ3n) is 2.36. The highest BCUT2D eigenvalue weighted by molar-refractivity contribution is 8.03. The molecule has 0 heterocycles. The van der Waals surface area contributed by atoms with Gasteiger partial charge in [0.15, 0.2) is 5.78 Å². The van der Waals surface area contributed by atoms with E-state index in [1.807, 2.05) is 6.07 Å². The molecule has 0 amide bonds. The number of aliphatic hydroxyl groups excluding tert-OH is 1. The molecule has 0 aromatic heterocycles. The second-order valence-corrected chi connectivity index (χ2v) is 4.55. The van der Waals surface area contributed by atoms with Gasteiger partial charge >= 0.3 is 5.97 Å². The zero-order valence-electron chi connectivity index (χ0n) is 11.3. The number of esters is 1. The number of aliphatic hydroxyl groups is 1. The summed E-state index contributed by atoms with van der Waals surface area (Å²) in [7, 11) is 0.